The summed E-state index contributed by atoms with van der Waals surface area (Å²) >= 11 is 0. The largest absolute Gasteiger partial charge is 0.322 e. The van der Waals surface area contributed by atoms with E-state index in [4.69, 9.17) is 0 Å². The molecule has 5 heteroatoms. The van der Waals surface area contributed by atoms with E-state index in [1.54, 1.807) is 16.9 Å². The van der Waals surface area contributed by atoms with Crippen LogP contribution in [0.2, 0.25) is 0 Å². The summed E-state index contributed by atoms with van der Waals surface area (Å²) in [5, 5.41) is 7.32. The highest BCUT2D eigenvalue weighted by Crippen LogP contribution is 2.22. The highest BCUT2D eigenvalue weighted by Gasteiger charge is 2.16. The van der Waals surface area contributed by atoms with Crippen LogP contribution in [0.3, 0.4) is 0 Å². The Kier molecular flexibility index (Phi) is 4.42. The second kappa shape index (κ2) is 7.03. The van der Waals surface area contributed by atoms with Crippen LogP contribution < -0.4 is 5.32 Å². The molecule has 0 radical (unpaired) electrons. The van der Waals surface area contributed by atoms with Gasteiger partial charge in [-0.2, -0.15) is 5.10 Å². The first-order chi connectivity index (χ1) is 13.2. The molecule has 27 heavy (non-hydrogen) atoms. The van der Waals surface area contributed by atoms with Gasteiger partial charge in [0.15, 0.2) is 5.65 Å². The molecule has 4 aromatic rings. The van der Waals surface area contributed by atoms with E-state index in [0.717, 1.165) is 23.4 Å². The van der Waals surface area contributed by atoms with Crippen LogP contribution in [0.4, 0.5) is 5.69 Å². The zero-order valence-corrected chi connectivity index (χ0v) is 15.3. The van der Waals surface area contributed by atoms with Gasteiger partial charge in [-0.25, -0.2) is 9.50 Å². The molecule has 4 rings (SSSR count). The van der Waals surface area contributed by atoms with Crippen molar-refractivity contribution in [1.82, 2.24) is 14.6 Å². The van der Waals surface area contributed by atoms with Crippen molar-refractivity contribution in [3.8, 4) is 11.3 Å². The molecule has 1 amide bonds. The van der Waals surface area contributed by atoms with Crippen molar-refractivity contribution < 1.29 is 4.79 Å². The van der Waals surface area contributed by atoms with Crippen molar-refractivity contribution in [3.05, 3.63) is 83.7 Å². The van der Waals surface area contributed by atoms with Crippen LogP contribution in [-0.2, 0) is 6.42 Å². The van der Waals surface area contributed by atoms with Crippen LogP contribution in [0.15, 0.2) is 67.0 Å². The lowest BCUT2D eigenvalue weighted by Crippen LogP contribution is -2.12. The first-order valence-electron chi connectivity index (χ1n) is 8.96. The van der Waals surface area contributed by atoms with Gasteiger partial charge in [-0.15, -0.1) is 0 Å². The van der Waals surface area contributed by atoms with E-state index in [0.29, 0.717) is 11.2 Å². The molecule has 2 heterocycles. The number of nitrogens with one attached hydrogen (secondary N) is 1. The molecule has 0 saturated heterocycles. The molecule has 2 aromatic carbocycles. The summed E-state index contributed by atoms with van der Waals surface area (Å²) in [6.07, 6.45) is 4.24. The maximum Gasteiger partial charge on any atom is 0.261 e. The van der Waals surface area contributed by atoms with Crippen molar-refractivity contribution in [1.29, 1.82) is 0 Å². The Hall–Kier alpha value is -3.47. The van der Waals surface area contributed by atoms with Gasteiger partial charge in [-0.05, 0) is 37.1 Å². The second-order valence-corrected chi connectivity index (χ2v) is 6.49. The SMILES string of the molecule is CCc1ccc(NC(=O)c2cnn3c(-c4ccc(C)cc4)ccnc23)cc1. The molecule has 5 nitrogen and oxygen atoms in total. The van der Waals surface area contributed by atoms with Crippen molar-refractivity contribution in [2.24, 2.45) is 0 Å². The summed E-state index contributed by atoms with van der Waals surface area (Å²) < 4.78 is 1.71. The van der Waals surface area contributed by atoms with Gasteiger partial charge < -0.3 is 5.32 Å². The van der Waals surface area contributed by atoms with Crippen LogP contribution in [-0.4, -0.2) is 20.5 Å². The topological polar surface area (TPSA) is 59.3 Å². The lowest BCUT2D eigenvalue weighted by atomic mass is 10.1. The number of carbonyl (C=O) groups is 1. The summed E-state index contributed by atoms with van der Waals surface area (Å²) in [5.41, 5.74) is 6.09. The first kappa shape index (κ1) is 17.0. The van der Waals surface area contributed by atoms with Crippen LogP contribution >= 0.6 is 0 Å². The Morgan fingerprint density at radius 1 is 1.04 bits per heavy atom. The average Bonchev–Trinajstić information content (AvgIpc) is 3.13. The molecule has 2 aromatic heterocycles. The van der Waals surface area contributed by atoms with E-state index < -0.39 is 0 Å². The Bertz CT molecular complexity index is 1100. The summed E-state index contributed by atoms with van der Waals surface area (Å²) in [7, 11) is 0. The number of hydrogen-bond acceptors (Lipinski definition) is 3. The van der Waals surface area contributed by atoms with Crippen LogP contribution in [0.25, 0.3) is 16.9 Å². The molecule has 0 spiro atoms. The quantitative estimate of drug-likeness (QED) is 0.585. The van der Waals surface area contributed by atoms with Gasteiger partial charge in [0.2, 0.25) is 0 Å². The van der Waals surface area contributed by atoms with Gasteiger partial charge in [0.05, 0.1) is 11.9 Å². The third kappa shape index (κ3) is 3.31. The van der Waals surface area contributed by atoms with E-state index in [1.165, 1.54) is 11.1 Å². The van der Waals surface area contributed by atoms with Gasteiger partial charge >= 0.3 is 0 Å². The number of fused-ring (bicyclic) bond motifs is 1. The fourth-order valence-electron chi connectivity index (χ4n) is 3.02. The summed E-state index contributed by atoms with van der Waals surface area (Å²) in [4.78, 5) is 17.1. The van der Waals surface area contributed by atoms with E-state index >= 15 is 0 Å². The second-order valence-electron chi connectivity index (χ2n) is 6.49. The molecule has 134 valence electrons. The molecule has 0 unspecified atom stereocenters. The average molecular weight is 356 g/mol. The minimum Gasteiger partial charge on any atom is -0.322 e. The van der Waals surface area contributed by atoms with Gasteiger partial charge in [-0.3, -0.25) is 4.79 Å². The zero-order valence-electron chi connectivity index (χ0n) is 15.3. The monoisotopic (exact) mass is 356 g/mol. The lowest BCUT2D eigenvalue weighted by molar-refractivity contribution is 0.102. The van der Waals surface area contributed by atoms with E-state index in [1.807, 2.05) is 42.5 Å². The number of amides is 1. The molecular weight excluding hydrogens is 336 g/mol. The predicted molar refractivity (Wildman–Crippen MR) is 107 cm³/mol. The van der Waals surface area contributed by atoms with Crippen molar-refractivity contribution in [2.45, 2.75) is 20.3 Å². The maximum atomic E-state index is 12.7. The van der Waals surface area contributed by atoms with Crippen molar-refractivity contribution >= 4 is 17.2 Å². The number of benzene rings is 2. The highest BCUT2D eigenvalue weighted by atomic mass is 16.1. The highest BCUT2D eigenvalue weighted by molar-refractivity contribution is 6.08. The van der Waals surface area contributed by atoms with Gasteiger partial charge in [0.1, 0.15) is 5.56 Å². The number of rotatable bonds is 4. The first-order valence-corrected chi connectivity index (χ1v) is 8.96. The number of carbonyl (C=O) groups excluding carboxylic acids is 1. The smallest absolute Gasteiger partial charge is 0.261 e. The van der Waals surface area contributed by atoms with Gasteiger partial charge in [0.25, 0.3) is 5.91 Å². The number of aromatic nitrogens is 3. The molecule has 0 bridgehead atoms. The van der Waals surface area contributed by atoms with Gasteiger partial charge in [0, 0.05) is 17.4 Å². The minimum atomic E-state index is -0.220. The Morgan fingerprint density at radius 2 is 1.78 bits per heavy atom. The van der Waals surface area contributed by atoms with Crippen molar-refractivity contribution in [2.75, 3.05) is 5.32 Å². The fourth-order valence-corrected chi connectivity index (χ4v) is 3.02. The van der Waals surface area contributed by atoms with E-state index in [2.05, 4.69) is 41.4 Å². The molecule has 0 fully saturated rings. The predicted octanol–water partition coefficient (Wildman–Crippen LogP) is 4.52. The van der Waals surface area contributed by atoms with Crippen molar-refractivity contribution in [3.63, 3.8) is 0 Å². The standard InChI is InChI=1S/C22H20N4O/c1-3-16-6-10-18(11-7-16)25-22(27)19-14-24-26-20(12-13-23-21(19)26)17-8-4-15(2)5-9-17/h4-14H,3H2,1-2H3,(H,25,27). The minimum absolute atomic E-state index is 0.220. The third-order valence-electron chi connectivity index (χ3n) is 4.61. The summed E-state index contributed by atoms with van der Waals surface area (Å²) in [6, 6.07) is 17.9. The van der Waals surface area contributed by atoms with E-state index in [-0.39, 0.29) is 5.91 Å². The molecule has 0 aliphatic rings. The zero-order chi connectivity index (χ0) is 18.8. The van der Waals surface area contributed by atoms with Crippen LogP contribution in [0.5, 0.6) is 0 Å². The molecule has 0 aliphatic carbocycles. The molecule has 1 N–H and O–H groups in total. The van der Waals surface area contributed by atoms with Gasteiger partial charge in [-0.1, -0.05) is 48.9 Å². The Labute approximate surface area is 157 Å². The van der Waals surface area contributed by atoms with E-state index in [9.17, 15) is 4.79 Å². The maximum absolute atomic E-state index is 12.7. The molecule has 0 atom stereocenters. The summed E-state index contributed by atoms with van der Waals surface area (Å²) in [5.74, 6) is -0.220. The number of hydrogen-bond donors (Lipinski definition) is 1. The molecular formula is C22H20N4O. The number of aryl methyl sites for hydroxylation is 2. The third-order valence-corrected chi connectivity index (χ3v) is 4.61. The summed E-state index contributed by atoms with van der Waals surface area (Å²) in [6.45, 7) is 4.15. The number of nitrogens with zero attached hydrogens (tertiary/aromatic N) is 3. The fraction of sp³-hybridized carbons (Fsp3) is 0.136. The molecule has 0 aliphatic heterocycles. The van der Waals surface area contributed by atoms with Crippen LogP contribution in [0.1, 0.15) is 28.4 Å². The normalized spacial score (nSPS) is 10.9. The Balaban J connectivity index is 1.67. The lowest BCUT2D eigenvalue weighted by Gasteiger charge is -2.07. The molecule has 0 saturated carbocycles. The Morgan fingerprint density at radius 3 is 2.48 bits per heavy atom. The number of anilines is 1. The van der Waals surface area contributed by atoms with Crippen LogP contribution in [0, 0.1) is 6.92 Å².